The Labute approximate surface area is 82.9 Å². The van der Waals surface area contributed by atoms with Crippen LogP contribution >= 0.6 is 0 Å². The van der Waals surface area contributed by atoms with E-state index in [4.69, 9.17) is 0 Å². The van der Waals surface area contributed by atoms with E-state index in [0.29, 0.717) is 0 Å². The van der Waals surface area contributed by atoms with Crippen LogP contribution in [0, 0.1) is 5.82 Å². The highest BCUT2D eigenvalue weighted by molar-refractivity contribution is 5.47. The van der Waals surface area contributed by atoms with Gasteiger partial charge in [-0.3, -0.25) is 4.79 Å². The van der Waals surface area contributed by atoms with Crippen molar-refractivity contribution in [2.75, 3.05) is 0 Å². The lowest BCUT2D eigenvalue weighted by atomic mass is 10.1. The van der Waals surface area contributed by atoms with Crippen molar-refractivity contribution in [3.05, 3.63) is 35.1 Å². The number of nitrogens with one attached hydrogen (secondary N) is 1. The van der Waals surface area contributed by atoms with Crippen molar-refractivity contribution in [2.24, 2.45) is 0 Å². The Balaban J connectivity index is 3.14. The lowest BCUT2D eigenvalue weighted by Crippen LogP contribution is -2.17. The lowest BCUT2D eigenvalue weighted by Gasteiger charge is -2.12. The van der Waals surface area contributed by atoms with Gasteiger partial charge in [0.15, 0.2) is 0 Å². The minimum absolute atomic E-state index is 0.215. The highest BCUT2D eigenvalue weighted by Crippen LogP contribution is 2.32. The number of amides is 1. The van der Waals surface area contributed by atoms with Crippen molar-refractivity contribution in [3.8, 4) is 0 Å². The van der Waals surface area contributed by atoms with Gasteiger partial charge in [0.05, 0.1) is 5.56 Å². The summed E-state index contributed by atoms with van der Waals surface area (Å²) in [6, 6.07) is 2.66. The number of rotatable bonds is 3. The second-order valence-electron chi connectivity index (χ2n) is 2.76. The van der Waals surface area contributed by atoms with Gasteiger partial charge in [-0.25, -0.2) is 4.39 Å². The quantitative estimate of drug-likeness (QED) is 0.614. The molecule has 1 rings (SSSR count). The molecular weight excluding hydrogens is 214 g/mol. The van der Waals surface area contributed by atoms with Crippen LogP contribution in [-0.4, -0.2) is 6.41 Å². The van der Waals surface area contributed by atoms with Crippen LogP contribution in [0.2, 0.25) is 0 Å². The normalized spacial score (nSPS) is 11.2. The molecule has 0 heterocycles. The van der Waals surface area contributed by atoms with Crippen molar-refractivity contribution in [1.82, 2.24) is 5.32 Å². The molecular formula is C9H7F4NO. The molecule has 0 radical (unpaired) electrons. The second kappa shape index (κ2) is 4.29. The zero-order valence-corrected chi connectivity index (χ0v) is 7.44. The van der Waals surface area contributed by atoms with Crippen molar-refractivity contribution in [3.63, 3.8) is 0 Å². The van der Waals surface area contributed by atoms with E-state index in [1.807, 2.05) is 5.32 Å². The molecule has 6 heteroatoms. The standard InChI is InChI=1S/C9H7F4NO/c10-8-3-1-2-7(9(11,12)13)6(8)4-14-5-15/h1-3,5H,4H2,(H,14,15). The minimum atomic E-state index is -4.62. The van der Waals surface area contributed by atoms with Gasteiger partial charge in [0, 0.05) is 12.1 Å². The molecule has 15 heavy (non-hydrogen) atoms. The predicted molar refractivity (Wildman–Crippen MR) is 44.3 cm³/mol. The van der Waals surface area contributed by atoms with Crippen LogP contribution in [0.4, 0.5) is 17.6 Å². The van der Waals surface area contributed by atoms with Gasteiger partial charge < -0.3 is 5.32 Å². The average Bonchev–Trinajstić information content (AvgIpc) is 2.14. The summed E-state index contributed by atoms with van der Waals surface area (Å²) in [5.74, 6) is -0.987. The number of hydrogen-bond acceptors (Lipinski definition) is 1. The Morgan fingerprint density at radius 3 is 2.53 bits per heavy atom. The molecule has 1 aromatic carbocycles. The summed E-state index contributed by atoms with van der Waals surface area (Å²) in [5.41, 5.74) is -1.63. The number of benzene rings is 1. The molecule has 0 atom stereocenters. The highest BCUT2D eigenvalue weighted by atomic mass is 19.4. The first-order valence-corrected chi connectivity index (χ1v) is 3.98. The number of alkyl halides is 3. The van der Waals surface area contributed by atoms with Gasteiger partial charge in [-0.15, -0.1) is 0 Å². The monoisotopic (exact) mass is 221 g/mol. The summed E-state index contributed by atoms with van der Waals surface area (Å²) < 4.78 is 50.2. The summed E-state index contributed by atoms with van der Waals surface area (Å²) in [4.78, 5) is 9.94. The minimum Gasteiger partial charge on any atom is -0.354 e. The Bertz CT molecular complexity index is 362. The Kier molecular flexibility index (Phi) is 3.28. The van der Waals surface area contributed by atoms with Crippen LogP contribution in [0.1, 0.15) is 11.1 Å². The summed E-state index contributed by atoms with van der Waals surface area (Å²) in [6.45, 7) is -0.481. The zero-order chi connectivity index (χ0) is 11.5. The van der Waals surface area contributed by atoms with Crippen molar-refractivity contribution in [2.45, 2.75) is 12.7 Å². The third-order valence-corrected chi connectivity index (χ3v) is 1.79. The molecule has 0 unspecified atom stereocenters. The van der Waals surface area contributed by atoms with Crippen LogP contribution in [0.3, 0.4) is 0 Å². The van der Waals surface area contributed by atoms with Gasteiger partial charge >= 0.3 is 6.18 Å². The van der Waals surface area contributed by atoms with Gasteiger partial charge in [-0.05, 0) is 12.1 Å². The van der Waals surface area contributed by atoms with Gasteiger partial charge in [-0.2, -0.15) is 13.2 Å². The maximum absolute atomic E-state index is 13.0. The number of halogens is 4. The molecule has 0 bridgehead atoms. The number of carbonyl (C=O) groups excluding carboxylic acids is 1. The fourth-order valence-electron chi connectivity index (χ4n) is 1.15. The molecule has 0 aliphatic heterocycles. The molecule has 1 aromatic rings. The van der Waals surface area contributed by atoms with E-state index in [1.54, 1.807) is 0 Å². The summed E-state index contributed by atoms with van der Waals surface area (Å²) in [6.07, 6.45) is -4.41. The third-order valence-electron chi connectivity index (χ3n) is 1.79. The first kappa shape index (κ1) is 11.5. The third kappa shape index (κ3) is 2.68. The fourth-order valence-corrected chi connectivity index (χ4v) is 1.15. The first-order chi connectivity index (χ1) is 6.96. The molecule has 0 saturated carbocycles. The van der Waals surface area contributed by atoms with Crippen LogP contribution in [0.5, 0.6) is 0 Å². The zero-order valence-electron chi connectivity index (χ0n) is 7.44. The molecule has 0 spiro atoms. The largest absolute Gasteiger partial charge is 0.416 e. The van der Waals surface area contributed by atoms with Crippen LogP contribution in [0.25, 0.3) is 0 Å². The molecule has 0 fully saturated rings. The summed E-state index contributed by atoms with van der Waals surface area (Å²) in [5, 5.41) is 2.00. The molecule has 0 saturated heterocycles. The highest BCUT2D eigenvalue weighted by Gasteiger charge is 2.34. The van der Waals surface area contributed by atoms with E-state index in [-0.39, 0.29) is 6.41 Å². The van der Waals surface area contributed by atoms with Crippen molar-refractivity contribution < 1.29 is 22.4 Å². The maximum Gasteiger partial charge on any atom is 0.416 e. The molecule has 2 nitrogen and oxygen atoms in total. The maximum atomic E-state index is 13.0. The fraction of sp³-hybridized carbons (Fsp3) is 0.222. The van der Waals surface area contributed by atoms with Crippen LogP contribution < -0.4 is 5.32 Å². The van der Waals surface area contributed by atoms with Crippen molar-refractivity contribution >= 4 is 6.41 Å². The second-order valence-corrected chi connectivity index (χ2v) is 2.76. The van der Waals surface area contributed by atoms with E-state index in [9.17, 15) is 22.4 Å². The molecule has 1 amide bonds. The SMILES string of the molecule is O=CNCc1c(F)cccc1C(F)(F)F. The topological polar surface area (TPSA) is 29.1 Å². The Morgan fingerprint density at radius 2 is 2.00 bits per heavy atom. The van der Waals surface area contributed by atoms with Gasteiger partial charge in [0.2, 0.25) is 6.41 Å². The van der Waals surface area contributed by atoms with E-state index in [1.165, 1.54) is 0 Å². The number of hydrogen-bond donors (Lipinski definition) is 1. The molecule has 82 valence electrons. The smallest absolute Gasteiger partial charge is 0.354 e. The van der Waals surface area contributed by atoms with E-state index in [0.717, 1.165) is 18.2 Å². The van der Waals surface area contributed by atoms with Gasteiger partial charge in [0.25, 0.3) is 0 Å². The number of carbonyl (C=O) groups is 1. The molecule has 0 aromatic heterocycles. The predicted octanol–water partition coefficient (Wildman–Crippen LogP) is 2.09. The van der Waals surface area contributed by atoms with E-state index >= 15 is 0 Å². The lowest BCUT2D eigenvalue weighted by molar-refractivity contribution is -0.138. The first-order valence-electron chi connectivity index (χ1n) is 3.98. The molecule has 1 N–H and O–H groups in total. The van der Waals surface area contributed by atoms with Crippen LogP contribution in [0.15, 0.2) is 18.2 Å². The summed E-state index contributed by atoms with van der Waals surface area (Å²) >= 11 is 0. The Hall–Kier alpha value is -1.59. The van der Waals surface area contributed by atoms with Crippen LogP contribution in [-0.2, 0) is 17.5 Å². The van der Waals surface area contributed by atoms with Gasteiger partial charge in [-0.1, -0.05) is 6.07 Å². The van der Waals surface area contributed by atoms with Crippen molar-refractivity contribution in [1.29, 1.82) is 0 Å². The van der Waals surface area contributed by atoms with E-state index in [2.05, 4.69) is 0 Å². The summed E-state index contributed by atoms with van der Waals surface area (Å²) in [7, 11) is 0. The molecule has 0 aliphatic carbocycles. The van der Waals surface area contributed by atoms with Gasteiger partial charge in [0.1, 0.15) is 5.82 Å². The molecule has 0 aliphatic rings. The average molecular weight is 221 g/mol. The van der Waals surface area contributed by atoms with E-state index < -0.39 is 29.7 Å². The Morgan fingerprint density at radius 1 is 1.33 bits per heavy atom.